The van der Waals surface area contributed by atoms with Crippen LogP contribution in [0.1, 0.15) is 65.9 Å². The third-order valence-corrected chi connectivity index (χ3v) is 13.8. The van der Waals surface area contributed by atoms with Crippen LogP contribution in [0.2, 0.25) is 0 Å². The van der Waals surface area contributed by atoms with Gasteiger partial charge in [0.15, 0.2) is 5.75 Å². The molecule has 9 rings (SSSR count). The number of halogens is 1. The Morgan fingerprint density at radius 2 is 1.58 bits per heavy atom. The van der Waals surface area contributed by atoms with Crippen molar-refractivity contribution in [3.63, 3.8) is 0 Å². The molecule has 3 fully saturated rings. The number of rotatable bonds is 10. The molecule has 294 valence electrons. The van der Waals surface area contributed by atoms with Gasteiger partial charge in [-0.3, -0.25) is 24.6 Å². The van der Waals surface area contributed by atoms with Gasteiger partial charge in [0.2, 0.25) is 11.8 Å². The van der Waals surface area contributed by atoms with E-state index in [9.17, 15) is 19.5 Å². The molecule has 0 radical (unpaired) electrons. The second kappa shape index (κ2) is 16.2. The zero-order valence-electron chi connectivity index (χ0n) is 31.6. The first-order valence-electron chi connectivity index (χ1n) is 19.9. The predicted molar refractivity (Wildman–Crippen MR) is 224 cm³/mol. The third-order valence-electron chi connectivity index (χ3n) is 12.1. The van der Waals surface area contributed by atoms with E-state index in [1.807, 2.05) is 48.5 Å². The Bertz CT molecular complexity index is 2300. The molecule has 0 saturated carbocycles. The van der Waals surface area contributed by atoms with Gasteiger partial charge in [0.1, 0.15) is 29.9 Å². The SMILES string of the molecule is O=C1CCC(N2Cc3cc(C4CCN(C5CCN(CCOc6ccc(Oc7c(-c8ccc(Br)cc8)sc8cc(O)ccc78)cc6)CC5)CC4)ccc3C2=O)C(=O)N1. The van der Waals surface area contributed by atoms with Crippen molar-refractivity contribution >= 4 is 55.1 Å². The zero-order valence-corrected chi connectivity index (χ0v) is 34.0. The van der Waals surface area contributed by atoms with E-state index >= 15 is 0 Å². The molecule has 10 nitrogen and oxygen atoms in total. The summed E-state index contributed by atoms with van der Waals surface area (Å²) in [6.45, 7) is 6.23. The molecular formula is C45H45BrN4O6S. The van der Waals surface area contributed by atoms with Gasteiger partial charge in [-0.05, 0) is 142 Å². The first kappa shape index (κ1) is 37.8. The number of fused-ring (bicyclic) bond motifs is 2. The van der Waals surface area contributed by atoms with Gasteiger partial charge in [0, 0.05) is 45.7 Å². The van der Waals surface area contributed by atoms with E-state index in [0.717, 1.165) is 106 Å². The lowest BCUT2D eigenvalue weighted by molar-refractivity contribution is -0.136. The number of imide groups is 1. The Morgan fingerprint density at radius 1 is 0.825 bits per heavy atom. The number of hydrogen-bond acceptors (Lipinski definition) is 9. The summed E-state index contributed by atoms with van der Waals surface area (Å²) in [7, 11) is 0. The Balaban J connectivity index is 0.725. The van der Waals surface area contributed by atoms with Crippen LogP contribution in [0.3, 0.4) is 0 Å². The van der Waals surface area contributed by atoms with Crippen molar-refractivity contribution in [2.24, 2.45) is 0 Å². The number of likely N-dealkylation sites (tertiary alicyclic amines) is 2. The van der Waals surface area contributed by atoms with Gasteiger partial charge in [-0.2, -0.15) is 0 Å². The summed E-state index contributed by atoms with van der Waals surface area (Å²) in [5.41, 5.74) is 4.01. The lowest BCUT2D eigenvalue weighted by Gasteiger charge is -2.42. The van der Waals surface area contributed by atoms with Crippen LogP contribution >= 0.6 is 27.3 Å². The highest BCUT2D eigenvalue weighted by Gasteiger charge is 2.39. The molecule has 5 heterocycles. The van der Waals surface area contributed by atoms with E-state index in [2.05, 4.69) is 55.3 Å². The largest absolute Gasteiger partial charge is 0.508 e. The lowest BCUT2D eigenvalue weighted by atomic mass is 9.86. The molecule has 4 aliphatic rings. The molecule has 5 aromatic rings. The first-order valence-corrected chi connectivity index (χ1v) is 21.5. The van der Waals surface area contributed by atoms with Crippen LogP contribution in [0, 0.1) is 0 Å². The van der Waals surface area contributed by atoms with E-state index in [1.54, 1.807) is 28.4 Å². The van der Waals surface area contributed by atoms with Crippen LogP contribution in [0.4, 0.5) is 0 Å². The molecule has 3 amide bonds. The maximum atomic E-state index is 13.2. The molecule has 0 spiro atoms. The van der Waals surface area contributed by atoms with E-state index in [4.69, 9.17) is 9.47 Å². The highest BCUT2D eigenvalue weighted by Crippen LogP contribution is 2.47. The molecule has 1 aromatic heterocycles. The van der Waals surface area contributed by atoms with Gasteiger partial charge in [0.25, 0.3) is 5.91 Å². The quantitative estimate of drug-likeness (QED) is 0.135. The lowest BCUT2D eigenvalue weighted by Crippen LogP contribution is -2.52. The monoisotopic (exact) mass is 848 g/mol. The maximum Gasteiger partial charge on any atom is 0.255 e. The third kappa shape index (κ3) is 8.05. The van der Waals surface area contributed by atoms with Gasteiger partial charge in [-0.1, -0.05) is 40.2 Å². The average Bonchev–Trinajstić information content (AvgIpc) is 3.74. The number of nitrogens with zero attached hydrogens (tertiary/aromatic N) is 3. The van der Waals surface area contributed by atoms with Crippen molar-refractivity contribution < 1.29 is 29.0 Å². The van der Waals surface area contributed by atoms with Crippen LogP contribution in [0.25, 0.3) is 20.5 Å². The molecular weight excluding hydrogens is 804 g/mol. The van der Waals surface area contributed by atoms with Crippen LogP contribution in [-0.4, -0.2) is 88.9 Å². The molecule has 2 N–H and O–H groups in total. The molecule has 12 heteroatoms. The Hall–Kier alpha value is -4.75. The van der Waals surface area contributed by atoms with E-state index in [-0.39, 0.29) is 29.9 Å². The highest BCUT2D eigenvalue weighted by molar-refractivity contribution is 9.10. The number of piperidine rings is 3. The number of nitrogens with one attached hydrogen (secondary N) is 1. The number of amides is 3. The summed E-state index contributed by atoms with van der Waals surface area (Å²) >= 11 is 5.13. The Labute approximate surface area is 344 Å². The van der Waals surface area contributed by atoms with Crippen LogP contribution < -0.4 is 14.8 Å². The van der Waals surface area contributed by atoms with Gasteiger partial charge < -0.3 is 24.4 Å². The molecule has 3 saturated heterocycles. The second-order valence-electron chi connectivity index (χ2n) is 15.6. The minimum atomic E-state index is -0.581. The standard InChI is InChI=1S/C45H45BrN4O6S/c46-32-4-1-29(2-5-32)43-42(38-12-6-34(51)26-40(38)57-43)56-36-9-7-35(8-10-36)55-24-23-48-19-17-33(18-20-48)49-21-15-28(16-22-49)30-3-11-37-31(25-30)27-50(45(37)54)39-13-14-41(52)47-44(39)53/h1-12,25-26,28,33,39,51H,13-24,27H2,(H,47,52,53). The first-order chi connectivity index (χ1) is 27.8. The minimum Gasteiger partial charge on any atom is -0.508 e. The maximum absolute atomic E-state index is 13.2. The number of aromatic hydroxyl groups is 1. The molecule has 57 heavy (non-hydrogen) atoms. The van der Waals surface area contributed by atoms with Crippen molar-refractivity contribution in [1.82, 2.24) is 20.0 Å². The van der Waals surface area contributed by atoms with E-state index < -0.39 is 6.04 Å². The van der Waals surface area contributed by atoms with Gasteiger partial charge in [-0.15, -0.1) is 11.3 Å². The van der Waals surface area contributed by atoms with E-state index in [0.29, 0.717) is 37.1 Å². The van der Waals surface area contributed by atoms with Gasteiger partial charge >= 0.3 is 0 Å². The van der Waals surface area contributed by atoms with Crippen molar-refractivity contribution in [2.45, 2.75) is 63.1 Å². The molecule has 1 unspecified atom stereocenters. The number of phenols is 1. The number of carbonyl (C=O) groups is 3. The smallest absolute Gasteiger partial charge is 0.255 e. The number of ether oxygens (including phenoxy) is 2. The molecule has 1 atom stereocenters. The predicted octanol–water partition coefficient (Wildman–Crippen LogP) is 8.31. The fraction of sp³-hybridized carbons (Fsp3) is 0.356. The molecule has 0 aliphatic carbocycles. The fourth-order valence-corrected chi connectivity index (χ4v) is 10.4. The summed E-state index contributed by atoms with van der Waals surface area (Å²) in [6, 6.07) is 27.6. The van der Waals surface area contributed by atoms with Crippen molar-refractivity contribution in [1.29, 1.82) is 0 Å². The van der Waals surface area contributed by atoms with E-state index in [1.165, 1.54) is 5.56 Å². The number of benzene rings is 4. The number of hydrogen-bond donors (Lipinski definition) is 2. The van der Waals surface area contributed by atoms with Crippen molar-refractivity contribution in [3.05, 3.63) is 106 Å². The second-order valence-corrected chi connectivity index (χ2v) is 17.5. The summed E-state index contributed by atoms with van der Waals surface area (Å²) in [5, 5.41) is 13.5. The minimum absolute atomic E-state index is 0.113. The topological polar surface area (TPSA) is 112 Å². The molecule has 0 bridgehead atoms. The van der Waals surface area contributed by atoms with Gasteiger partial charge in [-0.25, -0.2) is 0 Å². The van der Waals surface area contributed by atoms with Crippen LogP contribution in [0.15, 0.2) is 89.4 Å². The van der Waals surface area contributed by atoms with Crippen molar-refractivity contribution in [3.8, 4) is 33.4 Å². The number of carbonyl (C=O) groups excluding carboxylic acids is 3. The fourth-order valence-electron chi connectivity index (χ4n) is 8.92. The summed E-state index contributed by atoms with van der Waals surface area (Å²) in [5.74, 6) is 2.26. The summed E-state index contributed by atoms with van der Waals surface area (Å²) < 4.78 is 14.6. The van der Waals surface area contributed by atoms with Crippen molar-refractivity contribution in [2.75, 3.05) is 39.3 Å². The van der Waals surface area contributed by atoms with Crippen LogP contribution in [0.5, 0.6) is 23.0 Å². The average molecular weight is 850 g/mol. The van der Waals surface area contributed by atoms with Gasteiger partial charge in [0.05, 0.1) is 4.88 Å². The number of phenolic OH excluding ortho intramolecular Hbond substituents is 1. The summed E-state index contributed by atoms with van der Waals surface area (Å²) in [4.78, 5) is 45.1. The Morgan fingerprint density at radius 3 is 2.33 bits per heavy atom. The normalized spacial score (nSPS) is 19.9. The zero-order chi connectivity index (χ0) is 39.0. The molecule has 4 aromatic carbocycles. The van der Waals surface area contributed by atoms with Crippen LogP contribution in [-0.2, 0) is 16.1 Å². The Kier molecular flexibility index (Phi) is 10.8. The summed E-state index contributed by atoms with van der Waals surface area (Å²) in [6.07, 6.45) is 5.16. The number of thiophene rings is 1. The highest BCUT2D eigenvalue weighted by atomic mass is 79.9. The molecule has 4 aliphatic heterocycles.